The number of ether oxygens (including phenoxy) is 13. The van der Waals surface area contributed by atoms with Gasteiger partial charge in [-0.25, -0.2) is 0 Å². The summed E-state index contributed by atoms with van der Waals surface area (Å²) >= 11 is 0. The van der Waals surface area contributed by atoms with Crippen molar-refractivity contribution in [2.24, 2.45) is 11.7 Å². The number of nitrogens with two attached hydrogens (primary N) is 1. The zero-order valence-corrected chi connectivity index (χ0v) is 45.6. The number of amides is 1. The molecule has 1 amide bonds. The lowest BCUT2D eigenvalue weighted by Crippen LogP contribution is -2.67. The summed E-state index contributed by atoms with van der Waals surface area (Å²) in [6.45, 7) is 10.9. The predicted molar refractivity (Wildman–Crippen MR) is 269 cm³/mol. The number of phenols is 1. The van der Waals surface area contributed by atoms with Gasteiger partial charge in [0, 0.05) is 56.1 Å². The van der Waals surface area contributed by atoms with Gasteiger partial charge in [0.1, 0.15) is 23.2 Å². The lowest BCUT2D eigenvalue weighted by molar-refractivity contribution is -0.316. The van der Waals surface area contributed by atoms with Crippen molar-refractivity contribution in [2.45, 2.75) is 248 Å². The van der Waals surface area contributed by atoms with E-state index in [1.807, 2.05) is 20.8 Å². The maximum absolute atomic E-state index is 15.5. The van der Waals surface area contributed by atoms with E-state index in [2.05, 4.69) is 0 Å². The first-order valence-corrected chi connectivity index (χ1v) is 28.0. The van der Waals surface area contributed by atoms with Crippen LogP contribution in [-0.4, -0.2) is 179 Å². The van der Waals surface area contributed by atoms with Crippen LogP contribution in [-0.2, 0) is 77.6 Å². The first kappa shape index (κ1) is 57.9. The topological polar surface area (TPSA) is 312 Å². The fourth-order valence-electron chi connectivity index (χ4n) is 12.7. The number of methoxy groups -OCH3 is 1. The van der Waals surface area contributed by atoms with Gasteiger partial charge >= 0.3 is 0 Å². The molecule has 10 rings (SSSR count). The lowest BCUT2D eigenvalue weighted by Gasteiger charge is -2.50. The highest BCUT2D eigenvalue weighted by Gasteiger charge is 2.67. The minimum atomic E-state index is -2.78. The van der Waals surface area contributed by atoms with Crippen molar-refractivity contribution >= 4 is 29.0 Å². The zero-order chi connectivity index (χ0) is 56.4. The van der Waals surface area contributed by atoms with Crippen LogP contribution >= 0.6 is 0 Å². The average Bonchev–Trinajstić information content (AvgIpc) is 2.83. The summed E-state index contributed by atoms with van der Waals surface area (Å²) in [5.41, 5.74) is 0.837. The molecule has 436 valence electrons. The Hall–Kier alpha value is -4.31. The minimum absolute atomic E-state index is 0.0154. The summed E-state index contributed by atoms with van der Waals surface area (Å²) in [4.78, 5) is 71.1. The lowest BCUT2D eigenvalue weighted by atomic mass is 9.61. The van der Waals surface area contributed by atoms with E-state index in [1.165, 1.54) is 13.2 Å². The van der Waals surface area contributed by atoms with Crippen molar-refractivity contribution in [1.82, 2.24) is 0 Å². The Morgan fingerprint density at radius 2 is 0.987 bits per heavy atom. The fraction of sp³-hybridized carbons (Fsp3) is 0.732. The minimum Gasteiger partial charge on any atom is -0.509 e. The molecule has 21 atom stereocenters. The molecule has 0 aromatic heterocycles. The van der Waals surface area contributed by atoms with Gasteiger partial charge in [-0.1, -0.05) is 0 Å². The van der Waals surface area contributed by atoms with Crippen LogP contribution in [0.1, 0.15) is 155 Å². The van der Waals surface area contributed by atoms with Gasteiger partial charge in [-0.05, 0) is 98.1 Å². The normalized spacial score (nSPS) is 42.0. The number of allylic oxidation sites excluding steroid dienone is 2. The molecule has 0 radical (unpaired) electrons. The second-order valence-electron chi connectivity index (χ2n) is 22.5. The van der Waals surface area contributed by atoms with Crippen molar-refractivity contribution in [3.8, 4) is 5.75 Å². The van der Waals surface area contributed by atoms with Gasteiger partial charge in [-0.15, -0.1) is 0 Å². The first-order valence-electron chi connectivity index (χ1n) is 28.0. The van der Waals surface area contributed by atoms with E-state index in [-0.39, 0.29) is 66.7 Å². The number of Topliss-reactive ketones (excluding diaryl/α,β-unsaturated/α-hetero) is 3. The number of ketones is 4. The van der Waals surface area contributed by atoms with Crippen LogP contribution in [0.15, 0.2) is 29.2 Å². The molecule has 6 aliphatic heterocycles. The van der Waals surface area contributed by atoms with E-state index in [1.54, 1.807) is 20.8 Å². The summed E-state index contributed by atoms with van der Waals surface area (Å²) in [7, 11) is 1.20. The summed E-state index contributed by atoms with van der Waals surface area (Å²) in [6, 6.07) is 1.26. The Bertz CT molecular complexity index is 2570. The highest BCUT2D eigenvalue weighted by molar-refractivity contribution is 6.34. The monoisotopic (exact) mass is 1110 g/mol. The van der Waals surface area contributed by atoms with Crippen molar-refractivity contribution in [1.29, 1.82) is 0 Å². The molecule has 6 fully saturated rings. The standard InChI is InChI=1S/C56H75NO22/c1-23-32(58)8-14-40(68-23)74-35-10-16-42(70-25(35)3)76-36-11-17-43(71-26(36)4)77-37-12-18-44(72-27(37)5)78-52-31-21-29-20-30-47(34(60)22-39(67-7)49(30)61)50(62)46(29)53(64)56(31,54(65)48(51(52)63)55(57)66)79-45-19-13-38(28(6)73-45)75-41-15-9-33(59)24(2)69-41/h20,22-28,31-33,35-38,40-45,52,58-59,62-63H,8-19,21H2,1-7H3,(H2,57,66). The molecule has 6 heterocycles. The molecule has 23 nitrogen and oxygen atoms in total. The van der Waals surface area contributed by atoms with Gasteiger partial charge in [0.15, 0.2) is 49.3 Å². The molecule has 1 aromatic carbocycles. The fourth-order valence-corrected chi connectivity index (χ4v) is 12.7. The van der Waals surface area contributed by atoms with Crippen LogP contribution in [0.3, 0.4) is 0 Å². The summed E-state index contributed by atoms with van der Waals surface area (Å²) in [5, 5.41) is 44.2. The van der Waals surface area contributed by atoms with Crippen LogP contribution in [0.5, 0.6) is 5.75 Å². The number of phenolic OH excluding ortho intramolecular Hbond substituents is 1. The predicted octanol–water partition coefficient (Wildman–Crippen LogP) is 4.09. The Kier molecular flexibility index (Phi) is 17.2. The van der Waals surface area contributed by atoms with Gasteiger partial charge in [0.25, 0.3) is 5.91 Å². The van der Waals surface area contributed by atoms with E-state index in [9.17, 15) is 34.8 Å². The summed E-state index contributed by atoms with van der Waals surface area (Å²) < 4.78 is 80.8. The SMILES string of the molecule is COC1=CC(=O)c2c(cc3c(c2O)C(=O)C2(OC4CCC(OC5CCC(O)C(C)O5)C(C)O4)C(=O)C(C(N)=O)=C(O)C(OC4CCC(OC5CCC(OC6CCC(OC7CCC(O)C(C)O7)C(C)O6)C(C)O5)C(C)O4)C2C3)C1=O. The molecule has 0 spiro atoms. The van der Waals surface area contributed by atoms with Crippen LogP contribution < -0.4 is 5.73 Å². The van der Waals surface area contributed by atoms with Crippen molar-refractivity contribution in [3.63, 3.8) is 0 Å². The van der Waals surface area contributed by atoms with Crippen molar-refractivity contribution in [3.05, 3.63) is 51.5 Å². The number of aliphatic hydroxyl groups excluding tert-OH is 3. The van der Waals surface area contributed by atoms with E-state index in [0.29, 0.717) is 57.8 Å². The van der Waals surface area contributed by atoms with Gasteiger partial charge < -0.3 is 87.7 Å². The third-order valence-electron chi connectivity index (χ3n) is 17.3. The summed E-state index contributed by atoms with van der Waals surface area (Å²) in [6.07, 6.45) is -5.64. The highest BCUT2D eigenvalue weighted by Crippen LogP contribution is 2.51. The molecular formula is C56H75NO22. The molecule has 1 aromatic rings. The van der Waals surface area contributed by atoms with Gasteiger partial charge in [-0.3, -0.25) is 24.0 Å². The van der Waals surface area contributed by atoms with E-state index in [0.717, 1.165) is 6.08 Å². The number of aromatic hydroxyl groups is 1. The Morgan fingerprint density at radius 1 is 0.570 bits per heavy atom. The quantitative estimate of drug-likeness (QED) is 0.129. The third kappa shape index (κ3) is 11.3. The average molecular weight is 1110 g/mol. The first-order chi connectivity index (χ1) is 37.6. The highest BCUT2D eigenvalue weighted by atomic mass is 16.8. The van der Waals surface area contributed by atoms with Crippen LogP contribution in [0.2, 0.25) is 0 Å². The number of hydrogen-bond acceptors (Lipinski definition) is 22. The molecule has 23 heteroatoms. The molecule has 9 aliphatic rings. The number of fused-ring (bicyclic) bond motifs is 3. The van der Waals surface area contributed by atoms with Gasteiger partial charge in [-0.2, -0.15) is 0 Å². The number of aliphatic hydroxyl groups is 3. The zero-order valence-electron chi connectivity index (χ0n) is 45.6. The molecular weight excluding hydrogens is 1040 g/mol. The van der Waals surface area contributed by atoms with E-state index < -0.39 is 162 Å². The smallest absolute Gasteiger partial charge is 0.255 e. The second-order valence-corrected chi connectivity index (χ2v) is 22.5. The third-order valence-corrected chi connectivity index (χ3v) is 17.3. The van der Waals surface area contributed by atoms with E-state index in [4.69, 9.17) is 67.3 Å². The number of rotatable bonds is 14. The van der Waals surface area contributed by atoms with E-state index >= 15 is 9.59 Å². The molecule has 79 heavy (non-hydrogen) atoms. The molecule has 3 aliphatic carbocycles. The Labute approximate surface area is 457 Å². The van der Waals surface area contributed by atoms with Gasteiger partial charge in [0.2, 0.25) is 23.0 Å². The largest absolute Gasteiger partial charge is 0.509 e. The Morgan fingerprint density at radius 3 is 1.42 bits per heavy atom. The maximum Gasteiger partial charge on any atom is 0.255 e. The summed E-state index contributed by atoms with van der Waals surface area (Å²) in [5.74, 6) is -9.09. The molecule has 6 N–H and O–H groups in total. The van der Waals surface area contributed by atoms with Crippen LogP contribution in [0, 0.1) is 5.92 Å². The number of hydrogen-bond donors (Lipinski definition) is 5. The molecule has 21 unspecified atom stereocenters. The second kappa shape index (κ2) is 23.5. The Balaban J connectivity index is 0.832. The number of carbonyl (C=O) groups is 5. The van der Waals surface area contributed by atoms with Crippen LogP contribution in [0.25, 0.3) is 0 Å². The molecule has 0 bridgehead atoms. The van der Waals surface area contributed by atoms with Crippen molar-refractivity contribution < 1.29 is 106 Å². The van der Waals surface area contributed by atoms with Crippen LogP contribution in [0.4, 0.5) is 0 Å². The number of primary amides is 1. The maximum atomic E-state index is 15.5. The number of benzene rings is 1. The molecule has 6 saturated heterocycles. The van der Waals surface area contributed by atoms with Gasteiger partial charge in [0.05, 0.1) is 91.5 Å². The van der Waals surface area contributed by atoms with Crippen molar-refractivity contribution in [2.75, 3.05) is 7.11 Å². The number of carbonyl (C=O) groups excluding carboxylic acids is 5. The molecule has 0 saturated carbocycles.